The van der Waals surface area contributed by atoms with Crippen LogP contribution < -0.4 is 16.6 Å². The molecule has 3 rings (SSSR count). The van der Waals surface area contributed by atoms with Gasteiger partial charge < -0.3 is 15.2 Å². The van der Waals surface area contributed by atoms with Crippen molar-refractivity contribution in [3.63, 3.8) is 0 Å². The Kier molecular flexibility index (Phi) is 5.39. The van der Waals surface area contributed by atoms with Crippen LogP contribution in [0.5, 0.6) is 0 Å². The third kappa shape index (κ3) is 4.01. The van der Waals surface area contributed by atoms with Gasteiger partial charge in [0, 0.05) is 26.2 Å². The number of aromatic nitrogens is 2. The van der Waals surface area contributed by atoms with E-state index in [-0.39, 0.29) is 5.91 Å². The van der Waals surface area contributed by atoms with Gasteiger partial charge in [-0.15, -0.1) is 0 Å². The molecule has 0 saturated heterocycles. The molecule has 0 bridgehead atoms. The molecule has 0 unspecified atom stereocenters. The number of carbonyl (C=O) groups is 2. The zero-order valence-electron chi connectivity index (χ0n) is 15.6. The van der Waals surface area contributed by atoms with Crippen molar-refractivity contribution in [2.45, 2.75) is 20.0 Å². The number of aromatic amines is 1. The number of anilines is 1. The zero-order valence-corrected chi connectivity index (χ0v) is 15.6. The summed E-state index contributed by atoms with van der Waals surface area (Å²) in [5.41, 5.74) is 0.508. The van der Waals surface area contributed by atoms with Crippen molar-refractivity contribution in [3.05, 3.63) is 74.9 Å². The van der Waals surface area contributed by atoms with E-state index in [1.165, 1.54) is 11.8 Å². The number of hydrogen-bond acceptors (Lipinski definition) is 4. The lowest BCUT2D eigenvalue weighted by Crippen LogP contribution is -2.38. The molecule has 2 N–H and O–H groups in total. The molecule has 0 aliphatic heterocycles. The number of fused-ring (bicyclic) bond motifs is 1. The maximum absolute atomic E-state index is 12.5. The molecule has 0 spiro atoms. The van der Waals surface area contributed by atoms with Crippen LogP contribution in [0.4, 0.5) is 5.69 Å². The molecule has 144 valence electrons. The Morgan fingerprint density at radius 2 is 1.75 bits per heavy atom. The summed E-state index contributed by atoms with van der Waals surface area (Å²) in [4.78, 5) is 52.8. The van der Waals surface area contributed by atoms with Crippen molar-refractivity contribution in [2.24, 2.45) is 0 Å². The molecule has 1 aromatic heterocycles. The van der Waals surface area contributed by atoms with E-state index >= 15 is 0 Å². The Bertz CT molecular complexity index is 1160. The highest BCUT2D eigenvalue weighted by atomic mass is 16.2. The predicted octanol–water partition coefficient (Wildman–Crippen LogP) is 1.31. The van der Waals surface area contributed by atoms with Crippen LogP contribution in [-0.2, 0) is 22.7 Å². The largest absolute Gasteiger partial charge is 0.342 e. The van der Waals surface area contributed by atoms with E-state index < -0.39 is 23.7 Å². The summed E-state index contributed by atoms with van der Waals surface area (Å²) < 4.78 is 0.863. The van der Waals surface area contributed by atoms with Gasteiger partial charge in [-0.1, -0.05) is 30.3 Å². The molecule has 0 radical (unpaired) electrons. The number of carbonyl (C=O) groups excluding carboxylic acids is 2. The van der Waals surface area contributed by atoms with Gasteiger partial charge in [0.1, 0.15) is 6.54 Å². The van der Waals surface area contributed by atoms with Crippen LogP contribution in [0, 0.1) is 0 Å². The second-order valence-electron chi connectivity index (χ2n) is 6.45. The fraction of sp³-hybridized carbons (Fsp3) is 0.200. The van der Waals surface area contributed by atoms with Gasteiger partial charge in [0.2, 0.25) is 11.8 Å². The quantitative estimate of drug-likeness (QED) is 0.696. The first kappa shape index (κ1) is 19.1. The Morgan fingerprint density at radius 3 is 2.50 bits per heavy atom. The number of hydrogen-bond donors (Lipinski definition) is 2. The van der Waals surface area contributed by atoms with Crippen molar-refractivity contribution >= 4 is 28.4 Å². The Labute approximate surface area is 160 Å². The molecule has 0 atom stereocenters. The molecule has 8 nitrogen and oxygen atoms in total. The first-order valence-electron chi connectivity index (χ1n) is 8.68. The molecule has 2 aromatic carbocycles. The summed E-state index contributed by atoms with van der Waals surface area (Å²) in [5, 5.41) is 3.05. The third-order valence-electron chi connectivity index (χ3n) is 4.43. The van der Waals surface area contributed by atoms with E-state index in [1.807, 2.05) is 0 Å². The van der Waals surface area contributed by atoms with Gasteiger partial charge in [-0.05, 0) is 23.8 Å². The van der Waals surface area contributed by atoms with Gasteiger partial charge in [0.05, 0.1) is 10.9 Å². The number of amides is 2. The lowest BCUT2D eigenvalue weighted by atomic mass is 10.1. The van der Waals surface area contributed by atoms with Crippen LogP contribution in [0.2, 0.25) is 0 Å². The molecular weight excluding hydrogens is 360 g/mol. The van der Waals surface area contributed by atoms with E-state index in [0.717, 1.165) is 10.1 Å². The zero-order chi connectivity index (χ0) is 20.3. The first-order chi connectivity index (χ1) is 13.4. The SMILES string of the molecule is CC(=O)N(C)Cc1ccccc1NC(=O)Cn1c(=O)[nH]c2ccccc2c1=O. The maximum atomic E-state index is 12.5. The second-order valence-corrected chi connectivity index (χ2v) is 6.45. The van der Waals surface area contributed by atoms with Gasteiger partial charge in [0.25, 0.3) is 5.56 Å². The normalized spacial score (nSPS) is 10.6. The van der Waals surface area contributed by atoms with E-state index in [9.17, 15) is 19.2 Å². The van der Waals surface area contributed by atoms with Crippen molar-refractivity contribution in [3.8, 4) is 0 Å². The fourth-order valence-corrected chi connectivity index (χ4v) is 2.82. The third-order valence-corrected chi connectivity index (χ3v) is 4.43. The topological polar surface area (TPSA) is 104 Å². The van der Waals surface area contributed by atoms with E-state index in [2.05, 4.69) is 10.3 Å². The molecule has 3 aromatic rings. The summed E-state index contributed by atoms with van der Waals surface area (Å²) in [5.74, 6) is -0.615. The second kappa shape index (κ2) is 7.91. The Balaban J connectivity index is 1.84. The predicted molar refractivity (Wildman–Crippen MR) is 106 cm³/mol. The number of benzene rings is 2. The molecule has 0 aliphatic carbocycles. The summed E-state index contributed by atoms with van der Waals surface area (Å²) in [6.07, 6.45) is 0. The minimum atomic E-state index is -0.650. The summed E-state index contributed by atoms with van der Waals surface area (Å²) in [7, 11) is 1.66. The van der Waals surface area contributed by atoms with E-state index in [4.69, 9.17) is 0 Å². The molecular formula is C20H20N4O4. The minimum absolute atomic E-state index is 0.102. The highest BCUT2D eigenvalue weighted by molar-refractivity contribution is 5.91. The highest BCUT2D eigenvalue weighted by Gasteiger charge is 2.13. The van der Waals surface area contributed by atoms with Crippen molar-refractivity contribution in [1.82, 2.24) is 14.5 Å². The average Bonchev–Trinajstić information content (AvgIpc) is 2.66. The van der Waals surface area contributed by atoms with Crippen molar-refractivity contribution in [2.75, 3.05) is 12.4 Å². The van der Waals surface area contributed by atoms with Crippen LogP contribution in [0.1, 0.15) is 12.5 Å². The molecule has 0 saturated carbocycles. The summed E-state index contributed by atoms with van der Waals surface area (Å²) >= 11 is 0. The number of rotatable bonds is 5. The number of nitrogens with zero attached hydrogens (tertiary/aromatic N) is 2. The van der Waals surface area contributed by atoms with Gasteiger partial charge in [-0.3, -0.25) is 19.0 Å². The van der Waals surface area contributed by atoms with Gasteiger partial charge in [-0.25, -0.2) is 4.79 Å². The minimum Gasteiger partial charge on any atom is -0.342 e. The van der Waals surface area contributed by atoms with Gasteiger partial charge in [-0.2, -0.15) is 0 Å². The van der Waals surface area contributed by atoms with Gasteiger partial charge in [0.15, 0.2) is 0 Å². The van der Waals surface area contributed by atoms with E-state index in [0.29, 0.717) is 23.1 Å². The van der Waals surface area contributed by atoms with Crippen LogP contribution in [0.15, 0.2) is 58.1 Å². The van der Waals surface area contributed by atoms with Crippen LogP contribution in [-0.4, -0.2) is 33.3 Å². The molecule has 28 heavy (non-hydrogen) atoms. The number of para-hydroxylation sites is 2. The van der Waals surface area contributed by atoms with Crippen LogP contribution >= 0.6 is 0 Å². The monoisotopic (exact) mass is 380 g/mol. The number of H-pyrrole nitrogens is 1. The van der Waals surface area contributed by atoms with Crippen molar-refractivity contribution in [1.29, 1.82) is 0 Å². The highest BCUT2D eigenvalue weighted by Crippen LogP contribution is 2.17. The summed E-state index contributed by atoms with van der Waals surface area (Å²) in [6.45, 7) is 1.36. The molecule has 1 heterocycles. The smallest absolute Gasteiger partial charge is 0.329 e. The molecule has 0 fully saturated rings. The van der Waals surface area contributed by atoms with E-state index in [1.54, 1.807) is 55.6 Å². The fourth-order valence-electron chi connectivity index (χ4n) is 2.82. The number of nitrogens with one attached hydrogen (secondary N) is 2. The molecule has 8 heteroatoms. The lowest BCUT2D eigenvalue weighted by Gasteiger charge is -2.18. The van der Waals surface area contributed by atoms with Gasteiger partial charge >= 0.3 is 5.69 Å². The lowest BCUT2D eigenvalue weighted by molar-refractivity contribution is -0.128. The van der Waals surface area contributed by atoms with Crippen LogP contribution in [0.3, 0.4) is 0 Å². The first-order valence-corrected chi connectivity index (χ1v) is 8.68. The average molecular weight is 380 g/mol. The maximum Gasteiger partial charge on any atom is 0.329 e. The Hall–Kier alpha value is -3.68. The molecule has 2 amide bonds. The molecule has 0 aliphatic rings. The Morgan fingerprint density at radius 1 is 1.07 bits per heavy atom. The van der Waals surface area contributed by atoms with Crippen LogP contribution in [0.25, 0.3) is 10.9 Å². The van der Waals surface area contributed by atoms with Crippen molar-refractivity contribution < 1.29 is 9.59 Å². The summed E-state index contributed by atoms with van der Waals surface area (Å²) in [6, 6.07) is 13.7. The standard InChI is InChI=1S/C20H20N4O4/c1-13(25)23(2)11-14-7-3-5-9-16(14)21-18(26)12-24-19(27)15-8-4-6-10-17(15)22-20(24)28/h3-10H,11-12H2,1-2H3,(H,21,26)(H,22,28).